The number of carbonyl (C=O) groups excluding carboxylic acids is 1. The Morgan fingerprint density at radius 3 is 2.34 bits per heavy atom. The summed E-state index contributed by atoms with van der Waals surface area (Å²) in [5.41, 5.74) is 1.51. The number of piperazine rings is 1. The molecule has 2 aromatic carbocycles. The van der Waals surface area contributed by atoms with Crippen LogP contribution in [0.2, 0.25) is 10.0 Å². The zero-order chi connectivity index (χ0) is 27.0. The van der Waals surface area contributed by atoms with Gasteiger partial charge in [-0.2, -0.15) is 4.98 Å². The van der Waals surface area contributed by atoms with E-state index < -0.39 is 5.69 Å². The van der Waals surface area contributed by atoms with Gasteiger partial charge in [-0.3, -0.25) is 10.4 Å². The van der Waals surface area contributed by atoms with Crippen molar-refractivity contribution < 1.29 is 4.79 Å². The predicted octanol–water partition coefficient (Wildman–Crippen LogP) is 3.44. The molecule has 0 bridgehead atoms. The number of hydrogen-bond acceptors (Lipinski definition) is 7. The normalized spacial score (nSPS) is 13.6. The number of urea groups is 1. The second-order valence-electron chi connectivity index (χ2n) is 8.96. The Balaban J connectivity index is 1.33. The number of anilines is 3. The molecule has 0 unspecified atom stereocenters. The van der Waals surface area contributed by atoms with Crippen LogP contribution < -0.4 is 21.4 Å². The van der Waals surface area contributed by atoms with Gasteiger partial charge in [0.25, 0.3) is 0 Å². The van der Waals surface area contributed by atoms with E-state index in [0.717, 1.165) is 29.0 Å². The zero-order valence-corrected chi connectivity index (χ0v) is 22.2. The molecule has 0 spiro atoms. The van der Waals surface area contributed by atoms with Crippen LogP contribution in [0.1, 0.15) is 0 Å². The summed E-state index contributed by atoms with van der Waals surface area (Å²) in [5.74, 6) is 0.268. The molecule has 13 heteroatoms. The highest BCUT2D eigenvalue weighted by atomic mass is 35.5. The largest absolute Gasteiger partial charge is 0.368 e. The van der Waals surface area contributed by atoms with Crippen molar-refractivity contribution >= 4 is 57.6 Å². The van der Waals surface area contributed by atoms with Gasteiger partial charge in [0, 0.05) is 57.8 Å². The van der Waals surface area contributed by atoms with E-state index in [-0.39, 0.29) is 38.8 Å². The molecule has 2 aromatic heterocycles. The monoisotopic (exact) mass is 553 g/mol. The summed E-state index contributed by atoms with van der Waals surface area (Å²) in [4.78, 5) is 42.1. The second-order valence-corrected chi connectivity index (χ2v) is 9.78. The number of halogens is 2. The van der Waals surface area contributed by atoms with E-state index in [0.29, 0.717) is 18.5 Å². The summed E-state index contributed by atoms with van der Waals surface area (Å²) < 4.78 is 1.10. The first-order valence-electron chi connectivity index (χ1n) is 11.8. The Labute approximate surface area is 227 Å². The van der Waals surface area contributed by atoms with E-state index in [1.54, 1.807) is 37.2 Å². The maximum atomic E-state index is 12.9. The lowest BCUT2D eigenvalue weighted by Crippen LogP contribution is -2.51. The Bertz CT molecular complexity index is 1600. The van der Waals surface area contributed by atoms with Crippen LogP contribution in [0.3, 0.4) is 0 Å². The third-order valence-corrected chi connectivity index (χ3v) is 6.89. The molecule has 3 N–H and O–H groups in total. The van der Waals surface area contributed by atoms with Gasteiger partial charge in [-0.1, -0.05) is 29.3 Å². The summed E-state index contributed by atoms with van der Waals surface area (Å²) >= 11 is 12.5. The molecule has 0 aliphatic carbocycles. The summed E-state index contributed by atoms with van der Waals surface area (Å²) in [7, 11) is 3.52. The van der Waals surface area contributed by atoms with Crippen LogP contribution in [-0.4, -0.2) is 75.6 Å². The maximum absolute atomic E-state index is 12.9. The molecule has 0 atom stereocenters. The highest BCUT2D eigenvalue weighted by Gasteiger charge is 2.22. The number of para-hydroxylation sites is 1. The van der Waals surface area contributed by atoms with E-state index in [1.165, 1.54) is 6.20 Å². The third-order valence-electron chi connectivity index (χ3n) is 6.28. The minimum atomic E-state index is -0.598. The molecule has 1 aliphatic rings. The topological polar surface area (TPSA) is 126 Å². The molecule has 1 fully saturated rings. The van der Waals surface area contributed by atoms with Gasteiger partial charge in [-0.15, -0.1) is 0 Å². The Morgan fingerprint density at radius 1 is 1.05 bits per heavy atom. The van der Waals surface area contributed by atoms with E-state index in [1.807, 2.05) is 29.2 Å². The molecule has 4 aromatic rings. The molecule has 11 nitrogen and oxygen atoms in total. The number of rotatable bonds is 4. The Hall–Kier alpha value is -4.09. The highest BCUT2D eigenvalue weighted by molar-refractivity contribution is 6.37. The first kappa shape index (κ1) is 25.6. The fraction of sp³-hybridized carbons (Fsp3) is 0.240. The van der Waals surface area contributed by atoms with E-state index >= 15 is 0 Å². The van der Waals surface area contributed by atoms with Crippen LogP contribution in [0.4, 0.5) is 22.1 Å². The molecule has 2 amide bonds. The fourth-order valence-corrected chi connectivity index (χ4v) is 4.90. The molecular weight excluding hydrogens is 529 g/mol. The lowest BCUT2D eigenvalue weighted by molar-refractivity contribution is 0.168. The van der Waals surface area contributed by atoms with Crippen LogP contribution in [-0.2, 0) is 0 Å². The van der Waals surface area contributed by atoms with Crippen LogP contribution in [0, 0.1) is 5.41 Å². The van der Waals surface area contributed by atoms with Crippen LogP contribution >= 0.6 is 23.2 Å². The average Bonchev–Trinajstić information content (AvgIpc) is 2.90. The van der Waals surface area contributed by atoms with Gasteiger partial charge in [-0.05, 0) is 36.4 Å². The maximum Gasteiger partial charge on any atom is 0.333 e. The minimum absolute atomic E-state index is 0.0287. The molecule has 1 aliphatic heterocycles. The van der Waals surface area contributed by atoms with Crippen molar-refractivity contribution in [3.8, 4) is 5.69 Å². The number of aromatic amines is 1. The van der Waals surface area contributed by atoms with Gasteiger partial charge in [0.15, 0.2) is 5.65 Å². The number of aromatic nitrogens is 4. The number of hydrogen-bond donors (Lipinski definition) is 3. The molecule has 3 heterocycles. The van der Waals surface area contributed by atoms with Crippen LogP contribution in [0.5, 0.6) is 0 Å². The van der Waals surface area contributed by atoms with Gasteiger partial charge in [0.1, 0.15) is 5.49 Å². The fourth-order valence-electron chi connectivity index (χ4n) is 4.33. The number of H-pyrrole nitrogens is 1. The summed E-state index contributed by atoms with van der Waals surface area (Å²) in [5, 5.41) is 12.5. The Morgan fingerprint density at radius 2 is 1.71 bits per heavy atom. The highest BCUT2D eigenvalue weighted by Crippen LogP contribution is 2.26. The molecule has 196 valence electrons. The predicted molar refractivity (Wildman–Crippen MR) is 148 cm³/mol. The van der Waals surface area contributed by atoms with Gasteiger partial charge >= 0.3 is 11.7 Å². The van der Waals surface area contributed by atoms with Crippen molar-refractivity contribution in [3.63, 3.8) is 0 Å². The number of nitrogens with zero attached hydrogens (tertiary/aromatic N) is 6. The quantitative estimate of drug-likeness (QED) is 0.355. The van der Waals surface area contributed by atoms with Crippen molar-refractivity contribution in [2.75, 3.05) is 50.5 Å². The van der Waals surface area contributed by atoms with Gasteiger partial charge in [0.2, 0.25) is 5.95 Å². The average molecular weight is 554 g/mol. The van der Waals surface area contributed by atoms with Gasteiger partial charge in [-0.25, -0.2) is 19.1 Å². The molecule has 5 rings (SSSR count). The minimum Gasteiger partial charge on any atom is -0.368 e. The molecular formula is C25H25Cl2N9O2. The van der Waals surface area contributed by atoms with Crippen molar-refractivity contribution in [3.05, 3.63) is 74.7 Å². The smallest absolute Gasteiger partial charge is 0.333 e. The zero-order valence-electron chi connectivity index (χ0n) is 20.7. The summed E-state index contributed by atoms with van der Waals surface area (Å²) in [6, 6.07) is 12.7. The number of amides is 2. The van der Waals surface area contributed by atoms with Crippen LogP contribution in [0.25, 0.3) is 16.7 Å². The number of fused-ring (bicyclic) bond motifs is 1. The lowest BCUT2D eigenvalue weighted by Gasteiger charge is -2.37. The third kappa shape index (κ3) is 4.90. The van der Waals surface area contributed by atoms with Crippen LogP contribution in [0.15, 0.2) is 53.5 Å². The van der Waals surface area contributed by atoms with Crippen molar-refractivity contribution in [2.45, 2.75) is 0 Å². The molecule has 0 saturated carbocycles. The number of carbonyl (C=O) groups is 1. The lowest BCUT2D eigenvalue weighted by atomic mass is 10.2. The number of nitrogens with one attached hydrogen (secondary N) is 3. The van der Waals surface area contributed by atoms with E-state index in [9.17, 15) is 9.59 Å². The van der Waals surface area contributed by atoms with Crippen molar-refractivity contribution in [1.82, 2.24) is 29.3 Å². The second kappa shape index (κ2) is 10.3. The first-order valence-corrected chi connectivity index (χ1v) is 12.6. The van der Waals surface area contributed by atoms with Crippen molar-refractivity contribution in [1.29, 1.82) is 5.41 Å². The molecule has 1 saturated heterocycles. The number of benzene rings is 2. The molecule has 0 radical (unpaired) electrons. The molecule has 38 heavy (non-hydrogen) atoms. The first-order chi connectivity index (χ1) is 18.2. The van der Waals surface area contributed by atoms with E-state index in [2.05, 4.69) is 25.2 Å². The Kier molecular flexibility index (Phi) is 6.96. The van der Waals surface area contributed by atoms with E-state index in [4.69, 9.17) is 28.6 Å². The van der Waals surface area contributed by atoms with Gasteiger partial charge in [0.05, 0.1) is 21.1 Å². The standard InChI is InChI=1S/C25H25Cl2N9O2/c1-33(2)25(38)35-12-10-34(11-13-35)16-8-6-15(7-9-16)30-23-29-14-17-21(28)36(24(37)32-22(17)31-23)20-18(26)4-3-5-19(20)27/h3-9,14,28H,10-13H2,1-2H3,(H2,29,30,31,32,37). The summed E-state index contributed by atoms with van der Waals surface area (Å²) in [6.45, 7) is 2.84. The SMILES string of the molecule is CN(C)C(=O)N1CCN(c2ccc(Nc3ncc4c(=N)n(-c5c(Cl)cccc5Cl)c(=O)[nH]c4n3)cc2)CC1. The van der Waals surface area contributed by atoms with Crippen molar-refractivity contribution in [2.24, 2.45) is 0 Å². The summed E-state index contributed by atoms with van der Waals surface area (Å²) in [6.07, 6.45) is 1.47. The van der Waals surface area contributed by atoms with Gasteiger partial charge < -0.3 is 20.0 Å².